The van der Waals surface area contributed by atoms with Crippen molar-refractivity contribution in [1.29, 1.82) is 0 Å². The fourth-order valence-corrected chi connectivity index (χ4v) is 3.33. The summed E-state index contributed by atoms with van der Waals surface area (Å²) in [7, 11) is 0. The Balaban J connectivity index is 1.52. The van der Waals surface area contributed by atoms with E-state index in [4.69, 9.17) is 0 Å². The van der Waals surface area contributed by atoms with Crippen molar-refractivity contribution in [2.45, 2.75) is 39.2 Å². The summed E-state index contributed by atoms with van der Waals surface area (Å²) in [5, 5.41) is 3.05. The van der Waals surface area contributed by atoms with Crippen LogP contribution in [0.15, 0.2) is 30.7 Å². The van der Waals surface area contributed by atoms with Gasteiger partial charge in [-0.1, -0.05) is 12.8 Å². The number of carbonyl (C=O) groups excluding carboxylic acids is 1. The number of carbonyl (C=O) groups is 1. The third-order valence-corrected chi connectivity index (χ3v) is 4.70. The van der Waals surface area contributed by atoms with Gasteiger partial charge in [0.2, 0.25) is 5.91 Å². The average Bonchev–Trinajstić information content (AvgIpc) is 2.82. The van der Waals surface area contributed by atoms with Crippen molar-refractivity contribution < 1.29 is 4.79 Å². The predicted octanol–water partition coefficient (Wildman–Crippen LogP) is 2.25. The second-order valence-corrected chi connectivity index (χ2v) is 6.66. The predicted molar refractivity (Wildman–Crippen MR) is 98.1 cm³/mol. The van der Waals surface area contributed by atoms with Gasteiger partial charge in [0.25, 0.3) is 0 Å². The number of nitrogens with zero attached hydrogens (tertiary/aromatic N) is 4. The van der Waals surface area contributed by atoms with E-state index in [0.717, 1.165) is 30.2 Å². The highest BCUT2D eigenvalue weighted by Gasteiger charge is 2.13. The van der Waals surface area contributed by atoms with Gasteiger partial charge < -0.3 is 9.88 Å². The number of rotatable bonds is 6. The first-order chi connectivity index (χ1) is 12.2. The number of aromatic nitrogens is 3. The maximum atomic E-state index is 12.2. The topological polar surface area (TPSA) is 63.1 Å². The van der Waals surface area contributed by atoms with Crippen molar-refractivity contribution in [3.8, 4) is 11.4 Å². The number of likely N-dealkylation sites (tertiary alicyclic amines) is 1. The molecule has 1 saturated heterocycles. The Labute approximate surface area is 149 Å². The molecule has 0 spiro atoms. The van der Waals surface area contributed by atoms with E-state index in [2.05, 4.69) is 24.8 Å². The number of aryl methyl sites for hydroxylation is 1. The van der Waals surface area contributed by atoms with Crippen LogP contribution in [0.2, 0.25) is 0 Å². The van der Waals surface area contributed by atoms with Crippen LogP contribution >= 0.6 is 0 Å². The van der Waals surface area contributed by atoms with Crippen LogP contribution in [0.3, 0.4) is 0 Å². The Morgan fingerprint density at radius 3 is 2.72 bits per heavy atom. The highest BCUT2D eigenvalue weighted by atomic mass is 16.2. The molecule has 0 atom stereocenters. The van der Waals surface area contributed by atoms with Gasteiger partial charge in [-0.25, -0.2) is 4.98 Å². The fraction of sp³-hybridized carbons (Fsp3) is 0.526. The molecular formula is C19H27N5O. The number of imidazole rings is 1. The first kappa shape index (κ1) is 17.6. The van der Waals surface area contributed by atoms with E-state index in [0.29, 0.717) is 19.6 Å². The lowest BCUT2D eigenvalue weighted by Gasteiger charge is -2.19. The molecule has 1 aliphatic rings. The summed E-state index contributed by atoms with van der Waals surface area (Å²) in [5.41, 5.74) is 2.08. The van der Waals surface area contributed by atoms with Gasteiger partial charge in [0, 0.05) is 42.9 Å². The molecule has 1 amide bonds. The van der Waals surface area contributed by atoms with Gasteiger partial charge in [-0.05, 0) is 45.0 Å². The standard InChI is InChI=1S/C19H27N5O/c1-16-13-22-19(17-7-6-8-20-14-17)24(16)12-9-21-18(25)15-23-10-4-2-3-5-11-23/h6-8,13-14H,2-5,9-12,15H2,1H3,(H,21,25). The van der Waals surface area contributed by atoms with Crippen LogP contribution in [0.5, 0.6) is 0 Å². The monoisotopic (exact) mass is 341 g/mol. The molecule has 3 heterocycles. The number of nitrogens with one attached hydrogen (secondary N) is 1. The quantitative estimate of drug-likeness (QED) is 0.875. The first-order valence-corrected chi connectivity index (χ1v) is 9.15. The van der Waals surface area contributed by atoms with E-state index < -0.39 is 0 Å². The highest BCUT2D eigenvalue weighted by Crippen LogP contribution is 2.18. The van der Waals surface area contributed by atoms with Gasteiger partial charge in [0.1, 0.15) is 5.82 Å². The van der Waals surface area contributed by atoms with Gasteiger partial charge in [0.05, 0.1) is 6.54 Å². The summed E-state index contributed by atoms with van der Waals surface area (Å²) >= 11 is 0. The minimum absolute atomic E-state index is 0.114. The minimum Gasteiger partial charge on any atom is -0.353 e. The molecular weight excluding hydrogens is 314 g/mol. The van der Waals surface area contributed by atoms with Crippen molar-refractivity contribution in [2.75, 3.05) is 26.2 Å². The minimum atomic E-state index is 0.114. The van der Waals surface area contributed by atoms with Gasteiger partial charge in [-0.2, -0.15) is 0 Å². The van der Waals surface area contributed by atoms with Gasteiger partial charge >= 0.3 is 0 Å². The normalized spacial score (nSPS) is 15.7. The zero-order chi connectivity index (χ0) is 17.5. The second-order valence-electron chi connectivity index (χ2n) is 6.66. The summed E-state index contributed by atoms with van der Waals surface area (Å²) in [5.74, 6) is 1.01. The molecule has 3 rings (SSSR count). The molecule has 0 unspecified atom stereocenters. The van der Waals surface area contributed by atoms with Crippen molar-refractivity contribution in [2.24, 2.45) is 0 Å². The maximum absolute atomic E-state index is 12.2. The summed E-state index contributed by atoms with van der Waals surface area (Å²) in [6.45, 7) is 5.95. The molecule has 0 radical (unpaired) electrons. The van der Waals surface area contributed by atoms with Crippen LogP contribution in [-0.2, 0) is 11.3 Å². The smallest absolute Gasteiger partial charge is 0.234 e. The van der Waals surface area contributed by atoms with Crippen LogP contribution in [0, 0.1) is 6.92 Å². The summed E-state index contributed by atoms with van der Waals surface area (Å²) in [4.78, 5) is 23.1. The van der Waals surface area contributed by atoms with E-state index in [9.17, 15) is 4.79 Å². The van der Waals surface area contributed by atoms with E-state index in [1.165, 1.54) is 25.7 Å². The first-order valence-electron chi connectivity index (χ1n) is 9.15. The molecule has 0 saturated carbocycles. The molecule has 1 N–H and O–H groups in total. The SMILES string of the molecule is Cc1cnc(-c2cccnc2)n1CCNC(=O)CN1CCCCCC1. The zero-order valence-electron chi connectivity index (χ0n) is 14.9. The van der Waals surface area contributed by atoms with Gasteiger partial charge in [0.15, 0.2) is 0 Å². The molecule has 6 nitrogen and oxygen atoms in total. The Hall–Kier alpha value is -2.21. The third kappa shape index (κ3) is 4.89. The second kappa shape index (κ2) is 8.76. The van der Waals surface area contributed by atoms with Gasteiger partial charge in [-0.15, -0.1) is 0 Å². The lowest BCUT2D eigenvalue weighted by Crippen LogP contribution is -2.38. The van der Waals surface area contributed by atoms with Crippen molar-refractivity contribution >= 4 is 5.91 Å². The highest BCUT2D eigenvalue weighted by molar-refractivity contribution is 5.78. The Bertz CT molecular complexity index is 674. The molecule has 2 aromatic rings. The molecule has 1 fully saturated rings. The van der Waals surface area contributed by atoms with Crippen LogP contribution in [0.25, 0.3) is 11.4 Å². The molecule has 0 bridgehead atoms. The van der Waals surface area contributed by atoms with E-state index >= 15 is 0 Å². The lowest BCUT2D eigenvalue weighted by atomic mass is 10.2. The number of hydrogen-bond acceptors (Lipinski definition) is 4. The summed E-state index contributed by atoms with van der Waals surface area (Å²) in [6.07, 6.45) is 10.4. The molecule has 0 aromatic carbocycles. The fourth-order valence-electron chi connectivity index (χ4n) is 3.33. The van der Waals surface area contributed by atoms with Crippen LogP contribution in [-0.4, -0.2) is 51.5 Å². The molecule has 1 aliphatic heterocycles. The van der Waals surface area contributed by atoms with E-state index in [1.54, 1.807) is 6.20 Å². The number of pyridine rings is 1. The zero-order valence-corrected chi connectivity index (χ0v) is 14.9. The molecule has 0 aliphatic carbocycles. The number of hydrogen-bond donors (Lipinski definition) is 1. The Morgan fingerprint density at radius 2 is 2.00 bits per heavy atom. The Morgan fingerprint density at radius 1 is 1.20 bits per heavy atom. The lowest BCUT2D eigenvalue weighted by molar-refractivity contribution is -0.122. The van der Waals surface area contributed by atoms with Crippen LogP contribution in [0.4, 0.5) is 0 Å². The average molecular weight is 341 g/mol. The number of amides is 1. The van der Waals surface area contributed by atoms with Crippen molar-refractivity contribution in [3.05, 3.63) is 36.4 Å². The van der Waals surface area contributed by atoms with E-state index in [-0.39, 0.29) is 5.91 Å². The largest absolute Gasteiger partial charge is 0.353 e. The van der Waals surface area contributed by atoms with Crippen molar-refractivity contribution in [1.82, 2.24) is 24.8 Å². The summed E-state index contributed by atoms with van der Waals surface area (Å²) in [6, 6.07) is 3.91. The van der Waals surface area contributed by atoms with Crippen LogP contribution in [0.1, 0.15) is 31.4 Å². The maximum Gasteiger partial charge on any atom is 0.234 e. The van der Waals surface area contributed by atoms with Gasteiger partial charge in [-0.3, -0.25) is 14.7 Å². The molecule has 2 aromatic heterocycles. The molecule has 25 heavy (non-hydrogen) atoms. The van der Waals surface area contributed by atoms with Crippen LogP contribution < -0.4 is 5.32 Å². The molecule has 134 valence electrons. The molecule has 6 heteroatoms. The summed E-state index contributed by atoms with van der Waals surface area (Å²) < 4.78 is 2.13. The third-order valence-electron chi connectivity index (χ3n) is 4.70. The Kier molecular flexibility index (Phi) is 6.17. The van der Waals surface area contributed by atoms with E-state index in [1.807, 2.05) is 31.5 Å². The van der Waals surface area contributed by atoms with Crippen molar-refractivity contribution in [3.63, 3.8) is 0 Å².